The molecule has 154 valence electrons. The van der Waals surface area contributed by atoms with Gasteiger partial charge in [-0.1, -0.05) is 12.1 Å². The zero-order chi connectivity index (χ0) is 21.0. The van der Waals surface area contributed by atoms with E-state index < -0.39 is 0 Å². The molecule has 0 N–H and O–H groups in total. The summed E-state index contributed by atoms with van der Waals surface area (Å²) in [5.74, 6) is 2.03. The molecule has 1 heterocycles. The molecule has 0 radical (unpaired) electrons. The smallest absolute Gasteiger partial charge is 0.161 e. The Kier molecular flexibility index (Phi) is 6.47. The van der Waals surface area contributed by atoms with Crippen molar-refractivity contribution >= 4 is 5.78 Å². The number of nitrogens with zero attached hydrogens (tertiary/aromatic N) is 1. The molecule has 0 amide bonds. The highest BCUT2D eigenvalue weighted by Crippen LogP contribution is 2.41. The molecule has 0 saturated carbocycles. The Labute approximate surface area is 172 Å². The van der Waals surface area contributed by atoms with Crippen LogP contribution in [-0.2, 0) is 11.2 Å². The van der Waals surface area contributed by atoms with E-state index in [0.717, 1.165) is 47.5 Å². The molecule has 0 spiro atoms. The van der Waals surface area contributed by atoms with E-state index in [1.54, 1.807) is 28.3 Å². The minimum absolute atomic E-state index is 0.0619. The molecule has 0 fully saturated rings. The Morgan fingerprint density at radius 2 is 1.69 bits per heavy atom. The van der Waals surface area contributed by atoms with Crippen LogP contribution in [0.2, 0.25) is 0 Å². The summed E-state index contributed by atoms with van der Waals surface area (Å²) in [6.07, 6.45) is 2.88. The highest BCUT2D eigenvalue weighted by molar-refractivity contribution is 5.95. The summed E-state index contributed by atoms with van der Waals surface area (Å²) in [5, 5.41) is 0. The van der Waals surface area contributed by atoms with Gasteiger partial charge in [0.2, 0.25) is 0 Å². The van der Waals surface area contributed by atoms with Gasteiger partial charge in [0.1, 0.15) is 5.75 Å². The topological polar surface area (TPSA) is 48.0 Å². The van der Waals surface area contributed by atoms with Gasteiger partial charge in [-0.15, -0.1) is 0 Å². The lowest BCUT2D eigenvalue weighted by Crippen LogP contribution is -2.26. The summed E-state index contributed by atoms with van der Waals surface area (Å²) >= 11 is 0. The first-order valence-corrected chi connectivity index (χ1v) is 9.87. The quantitative estimate of drug-likeness (QED) is 0.734. The number of fused-ring (bicyclic) bond motifs is 1. The first-order chi connectivity index (χ1) is 14.0. The Morgan fingerprint density at radius 3 is 2.24 bits per heavy atom. The fraction of sp³-hybridized carbons (Fsp3) is 0.375. The van der Waals surface area contributed by atoms with E-state index in [1.807, 2.05) is 42.6 Å². The maximum Gasteiger partial charge on any atom is 0.161 e. The van der Waals surface area contributed by atoms with Crippen molar-refractivity contribution in [3.8, 4) is 17.2 Å². The molecule has 29 heavy (non-hydrogen) atoms. The number of hydrogen-bond donors (Lipinski definition) is 0. The molecular formula is C24H29NO4. The second kappa shape index (κ2) is 9.03. The van der Waals surface area contributed by atoms with Gasteiger partial charge >= 0.3 is 0 Å². The minimum Gasteiger partial charge on any atom is -0.497 e. The van der Waals surface area contributed by atoms with Crippen LogP contribution in [0.4, 0.5) is 0 Å². The van der Waals surface area contributed by atoms with Crippen LogP contribution >= 0.6 is 0 Å². The van der Waals surface area contributed by atoms with Crippen LogP contribution in [0.15, 0.2) is 48.2 Å². The molecule has 0 saturated heterocycles. The zero-order valence-electron chi connectivity index (χ0n) is 17.8. The van der Waals surface area contributed by atoms with E-state index in [0.29, 0.717) is 11.5 Å². The summed E-state index contributed by atoms with van der Waals surface area (Å²) in [6.45, 7) is 5.42. The number of Topliss-reactive ketones (excluding diaryl/α,β-unsaturated/α-hetero) is 1. The zero-order valence-corrected chi connectivity index (χ0v) is 17.8. The molecule has 1 atom stereocenters. The van der Waals surface area contributed by atoms with E-state index >= 15 is 0 Å². The third kappa shape index (κ3) is 4.24. The monoisotopic (exact) mass is 395 g/mol. The van der Waals surface area contributed by atoms with E-state index in [9.17, 15) is 4.79 Å². The molecule has 0 bridgehead atoms. The maximum absolute atomic E-state index is 12.7. The summed E-state index contributed by atoms with van der Waals surface area (Å²) in [5.41, 5.74) is 4.04. The van der Waals surface area contributed by atoms with Gasteiger partial charge in [-0.2, -0.15) is 0 Å². The number of ketones is 1. The van der Waals surface area contributed by atoms with Crippen LogP contribution in [0, 0.1) is 0 Å². The van der Waals surface area contributed by atoms with E-state index in [2.05, 4.69) is 11.8 Å². The molecule has 1 unspecified atom stereocenters. The van der Waals surface area contributed by atoms with Crippen LogP contribution in [-0.4, -0.2) is 45.1 Å². The molecule has 1 aliphatic heterocycles. The van der Waals surface area contributed by atoms with Gasteiger partial charge < -0.3 is 19.1 Å². The Balaban J connectivity index is 2.27. The maximum atomic E-state index is 12.7. The van der Waals surface area contributed by atoms with E-state index in [1.165, 1.54) is 0 Å². The van der Waals surface area contributed by atoms with Crippen molar-refractivity contribution in [3.05, 3.63) is 64.9 Å². The predicted octanol–water partition coefficient (Wildman–Crippen LogP) is 4.20. The van der Waals surface area contributed by atoms with Gasteiger partial charge in [-0.05, 0) is 61.2 Å². The number of likely N-dealkylation sites (N-methyl/N-ethyl adjacent to an activating group) is 1. The lowest BCUT2D eigenvalue weighted by atomic mass is 9.79. The first kappa shape index (κ1) is 20.8. The van der Waals surface area contributed by atoms with Gasteiger partial charge in [-0.25, -0.2) is 0 Å². The van der Waals surface area contributed by atoms with Crippen molar-refractivity contribution in [2.75, 3.05) is 34.4 Å². The number of rotatable bonds is 6. The van der Waals surface area contributed by atoms with Crippen LogP contribution in [0.5, 0.6) is 17.2 Å². The SMILES string of the molecule is CCN1/C=C(/C(C)=O)C(c2ccc(OC)cc2)c2cc(OC)c(OC)cc2CC1. The van der Waals surface area contributed by atoms with Crippen molar-refractivity contribution < 1.29 is 19.0 Å². The van der Waals surface area contributed by atoms with Gasteiger partial charge in [0.05, 0.1) is 21.3 Å². The van der Waals surface area contributed by atoms with E-state index in [-0.39, 0.29) is 11.7 Å². The molecule has 3 rings (SSSR count). The van der Waals surface area contributed by atoms with Gasteiger partial charge in [-0.3, -0.25) is 4.79 Å². The van der Waals surface area contributed by atoms with Gasteiger partial charge in [0.15, 0.2) is 17.3 Å². The highest BCUT2D eigenvalue weighted by Gasteiger charge is 2.28. The standard InChI is InChI=1S/C24H29NO4/c1-6-25-12-11-18-13-22(28-4)23(29-5)14-20(18)24(21(15-25)16(2)26)17-7-9-19(27-3)10-8-17/h7-10,13-15,24H,6,11-12H2,1-5H3/b21-15-. The summed E-state index contributed by atoms with van der Waals surface area (Å²) < 4.78 is 16.4. The van der Waals surface area contributed by atoms with Crippen LogP contribution in [0.3, 0.4) is 0 Å². The number of carbonyl (C=O) groups excluding carboxylic acids is 1. The lowest BCUT2D eigenvalue weighted by Gasteiger charge is -2.30. The highest BCUT2D eigenvalue weighted by atomic mass is 16.5. The second-order valence-electron chi connectivity index (χ2n) is 7.13. The summed E-state index contributed by atoms with van der Waals surface area (Å²) in [6, 6.07) is 12.0. The second-order valence-corrected chi connectivity index (χ2v) is 7.13. The molecule has 1 aliphatic rings. The third-order valence-electron chi connectivity index (χ3n) is 5.52. The third-order valence-corrected chi connectivity index (χ3v) is 5.52. The average Bonchev–Trinajstić information content (AvgIpc) is 2.74. The average molecular weight is 395 g/mol. The van der Waals surface area contributed by atoms with Crippen LogP contribution < -0.4 is 14.2 Å². The summed E-state index contributed by atoms with van der Waals surface area (Å²) in [7, 11) is 4.93. The molecule has 5 nitrogen and oxygen atoms in total. The van der Waals surface area contributed by atoms with Crippen molar-refractivity contribution in [2.45, 2.75) is 26.2 Å². The van der Waals surface area contributed by atoms with Crippen molar-refractivity contribution in [3.63, 3.8) is 0 Å². The number of methoxy groups -OCH3 is 3. The Morgan fingerprint density at radius 1 is 1.03 bits per heavy atom. The number of carbonyl (C=O) groups is 1. The van der Waals surface area contributed by atoms with Crippen LogP contribution in [0.25, 0.3) is 0 Å². The fourth-order valence-corrected chi connectivity index (χ4v) is 3.89. The molecule has 2 aromatic rings. The van der Waals surface area contributed by atoms with Gasteiger partial charge in [0.25, 0.3) is 0 Å². The fourth-order valence-electron chi connectivity index (χ4n) is 3.89. The first-order valence-electron chi connectivity index (χ1n) is 9.87. The normalized spacial score (nSPS) is 18.0. The molecule has 2 aromatic carbocycles. The molecular weight excluding hydrogens is 366 g/mol. The largest absolute Gasteiger partial charge is 0.497 e. The Bertz CT molecular complexity index is 902. The summed E-state index contributed by atoms with van der Waals surface area (Å²) in [4.78, 5) is 14.9. The molecule has 0 aromatic heterocycles. The van der Waals surface area contributed by atoms with Crippen LogP contribution in [0.1, 0.15) is 36.5 Å². The number of allylic oxidation sites excluding steroid dienone is 1. The molecule has 0 aliphatic carbocycles. The lowest BCUT2D eigenvalue weighted by molar-refractivity contribution is -0.113. The number of hydrogen-bond acceptors (Lipinski definition) is 5. The molecule has 5 heteroatoms. The minimum atomic E-state index is -0.192. The van der Waals surface area contributed by atoms with Crippen molar-refractivity contribution in [1.82, 2.24) is 4.90 Å². The predicted molar refractivity (Wildman–Crippen MR) is 114 cm³/mol. The van der Waals surface area contributed by atoms with Crippen molar-refractivity contribution in [1.29, 1.82) is 0 Å². The van der Waals surface area contributed by atoms with Crippen molar-refractivity contribution in [2.24, 2.45) is 0 Å². The van der Waals surface area contributed by atoms with E-state index in [4.69, 9.17) is 14.2 Å². The number of ether oxygens (including phenoxy) is 3. The Hall–Kier alpha value is -2.95. The van der Waals surface area contributed by atoms with Gasteiger partial charge in [0, 0.05) is 30.8 Å². The number of benzene rings is 2.